The zero-order valence-corrected chi connectivity index (χ0v) is 18.5. The first-order valence-corrected chi connectivity index (χ1v) is 11.7. The summed E-state index contributed by atoms with van der Waals surface area (Å²) in [4.78, 5) is 34.2. The summed E-state index contributed by atoms with van der Waals surface area (Å²) in [5.74, 6) is -4.76. The van der Waals surface area contributed by atoms with Gasteiger partial charge in [-0.25, -0.2) is 4.79 Å². The second kappa shape index (κ2) is 9.41. The molecule has 0 fully saturated rings. The summed E-state index contributed by atoms with van der Waals surface area (Å²) in [5, 5.41) is 6.43. The molecular weight excluding hydrogens is 484 g/mol. The summed E-state index contributed by atoms with van der Waals surface area (Å²) in [6.45, 7) is 4.66. The molecule has 0 aromatic heterocycles. The van der Waals surface area contributed by atoms with Gasteiger partial charge in [0.25, 0.3) is 0 Å². The molecule has 1 aromatic carbocycles. The number of nitro groups is 1. The first-order valence-electron chi connectivity index (χ1n) is 8.65. The molecule has 0 saturated heterocycles. The SMILES string of the molecule is CCC(C)(C)C(=O)OC(=O)c1ccc(OS(=O)(=O)CCC(F)(F)S(=O)(=O)O)c([N+](=O)[O-])c1. The number of carbonyl (C=O) groups is 2. The van der Waals surface area contributed by atoms with Gasteiger partial charge in [-0.15, -0.1) is 0 Å². The highest BCUT2D eigenvalue weighted by atomic mass is 32.2. The topological polar surface area (TPSA) is 184 Å². The van der Waals surface area contributed by atoms with Gasteiger partial charge >= 0.3 is 43.1 Å². The van der Waals surface area contributed by atoms with Gasteiger partial charge in [-0.1, -0.05) is 6.92 Å². The van der Waals surface area contributed by atoms with E-state index in [0.717, 1.165) is 6.07 Å². The lowest BCUT2D eigenvalue weighted by molar-refractivity contribution is -0.385. The van der Waals surface area contributed by atoms with Gasteiger partial charge in [-0.05, 0) is 32.4 Å². The molecule has 12 nitrogen and oxygen atoms in total. The Bertz CT molecular complexity index is 1130. The lowest BCUT2D eigenvalue weighted by Crippen LogP contribution is -2.31. The number of hydrogen-bond acceptors (Lipinski definition) is 10. The van der Waals surface area contributed by atoms with Crippen LogP contribution in [0.3, 0.4) is 0 Å². The second-order valence-electron chi connectivity index (χ2n) is 7.06. The molecule has 0 saturated carbocycles. The highest BCUT2D eigenvalue weighted by Crippen LogP contribution is 2.31. The molecule has 0 amide bonds. The largest absolute Gasteiger partial charge is 0.389 e. The molecule has 0 radical (unpaired) electrons. The van der Waals surface area contributed by atoms with Gasteiger partial charge in [0.15, 0.2) is 0 Å². The summed E-state index contributed by atoms with van der Waals surface area (Å²) in [6.07, 6.45) is -1.57. The standard InChI is InChI=1S/C16H19F2NO11S2/c1-4-15(2,3)14(21)29-13(20)10-5-6-12(11(9-10)19(22)23)30-31(24,25)8-7-16(17,18)32(26,27)28/h5-6,9H,4,7-8H2,1-3H3,(H,26,27,28). The Morgan fingerprint density at radius 2 is 1.75 bits per heavy atom. The van der Waals surface area contributed by atoms with Gasteiger partial charge in [-0.3, -0.25) is 19.5 Å². The molecule has 0 bridgehead atoms. The van der Waals surface area contributed by atoms with Crippen LogP contribution in [0.4, 0.5) is 14.5 Å². The molecule has 0 spiro atoms. The molecule has 0 atom stereocenters. The fourth-order valence-corrected chi connectivity index (χ4v) is 3.33. The number of esters is 2. The minimum absolute atomic E-state index is 0.320. The Morgan fingerprint density at radius 3 is 2.22 bits per heavy atom. The number of ether oxygens (including phenoxy) is 1. The van der Waals surface area contributed by atoms with Crippen LogP contribution in [0.5, 0.6) is 5.75 Å². The molecule has 1 aromatic rings. The number of hydrogen-bond donors (Lipinski definition) is 1. The number of nitro benzene ring substituents is 1. The van der Waals surface area contributed by atoms with E-state index in [4.69, 9.17) is 4.55 Å². The van der Waals surface area contributed by atoms with Gasteiger partial charge in [0.05, 0.1) is 21.7 Å². The molecule has 0 aliphatic heterocycles. The van der Waals surface area contributed by atoms with Gasteiger partial charge in [0.1, 0.15) is 0 Å². The van der Waals surface area contributed by atoms with Crippen LogP contribution >= 0.6 is 0 Å². The molecule has 0 aliphatic rings. The Balaban J connectivity index is 3.13. The van der Waals surface area contributed by atoms with Crippen LogP contribution in [0, 0.1) is 15.5 Å². The van der Waals surface area contributed by atoms with Crippen molar-refractivity contribution in [2.45, 2.75) is 38.9 Å². The van der Waals surface area contributed by atoms with E-state index in [-0.39, 0.29) is 0 Å². The molecule has 0 heterocycles. The number of rotatable bonds is 10. The molecule has 180 valence electrons. The van der Waals surface area contributed by atoms with E-state index in [0.29, 0.717) is 18.6 Å². The minimum Gasteiger partial charge on any atom is -0.389 e. The summed E-state index contributed by atoms with van der Waals surface area (Å²) in [7, 11) is -10.9. The van der Waals surface area contributed by atoms with Crippen molar-refractivity contribution in [1.82, 2.24) is 0 Å². The van der Waals surface area contributed by atoms with E-state index in [9.17, 15) is 45.3 Å². The first kappa shape index (κ1) is 27.3. The Morgan fingerprint density at radius 1 is 1.19 bits per heavy atom. The van der Waals surface area contributed by atoms with Crippen molar-refractivity contribution in [3.63, 3.8) is 0 Å². The van der Waals surface area contributed by atoms with Crippen LogP contribution in [0.1, 0.15) is 44.0 Å². The number of halogens is 2. The predicted octanol–water partition coefficient (Wildman–Crippen LogP) is 2.29. The van der Waals surface area contributed by atoms with Gasteiger partial charge in [-0.2, -0.15) is 25.6 Å². The third-order valence-corrected chi connectivity index (χ3v) is 6.35. The molecule has 1 rings (SSSR count). The zero-order chi connectivity index (χ0) is 25.1. The van der Waals surface area contributed by atoms with Gasteiger partial charge in [0.2, 0.25) is 5.75 Å². The van der Waals surface area contributed by atoms with Gasteiger partial charge in [0, 0.05) is 12.5 Å². The van der Waals surface area contributed by atoms with Crippen LogP contribution < -0.4 is 4.18 Å². The van der Waals surface area contributed by atoms with E-state index in [1.165, 1.54) is 13.8 Å². The molecule has 1 N–H and O–H groups in total. The van der Waals surface area contributed by atoms with Crippen molar-refractivity contribution in [2.24, 2.45) is 5.41 Å². The number of nitrogens with zero attached hydrogens (tertiary/aromatic N) is 1. The van der Waals surface area contributed by atoms with Gasteiger partial charge < -0.3 is 8.92 Å². The van der Waals surface area contributed by atoms with E-state index in [1.54, 1.807) is 6.92 Å². The summed E-state index contributed by atoms with van der Waals surface area (Å²) >= 11 is 0. The normalized spacial score (nSPS) is 12.8. The van der Waals surface area contributed by atoms with E-state index >= 15 is 0 Å². The van der Waals surface area contributed by atoms with E-state index in [1.807, 2.05) is 0 Å². The highest BCUT2D eigenvalue weighted by Gasteiger charge is 2.45. The lowest BCUT2D eigenvalue weighted by Gasteiger charge is -2.19. The van der Waals surface area contributed by atoms with E-state index in [2.05, 4.69) is 8.92 Å². The second-order valence-corrected chi connectivity index (χ2v) is 10.3. The summed E-state index contributed by atoms with van der Waals surface area (Å²) < 4.78 is 88.7. The van der Waals surface area contributed by atoms with Crippen molar-refractivity contribution in [2.75, 3.05) is 5.75 Å². The van der Waals surface area contributed by atoms with Crippen molar-refractivity contribution < 1.29 is 53.6 Å². The Kier molecular flexibility index (Phi) is 8.04. The fourth-order valence-electron chi connectivity index (χ4n) is 1.83. The maximum Gasteiger partial charge on any atom is 0.371 e. The maximum atomic E-state index is 13.2. The lowest BCUT2D eigenvalue weighted by atomic mass is 9.91. The summed E-state index contributed by atoms with van der Waals surface area (Å²) in [5.41, 5.74) is -2.60. The van der Waals surface area contributed by atoms with Crippen LogP contribution in [-0.2, 0) is 29.8 Å². The first-order chi connectivity index (χ1) is 14.3. The van der Waals surface area contributed by atoms with E-state index < -0.39 is 76.9 Å². The molecule has 16 heteroatoms. The Hall–Kier alpha value is -2.72. The van der Waals surface area contributed by atoms with Crippen LogP contribution in [0.2, 0.25) is 0 Å². The molecule has 0 unspecified atom stereocenters. The number of alkyl halides is 2. The quantitative estimate of drug-likeness (QED) is 0.123. The Labute approximate surface area is 181 Å². The monoisotopic (exact) mass is 503 g/mol. The van der Waals surface area contributed by atoms with Crippen molar-refractivity contribution in [1.29, 1.82) is 0 Å². The smallest absolute Gasteiger partial charge is 0.371 e. The zero-order valence-electron chi connectivity index (χ0n) is 16.9. The number of benzene rings is 1. The van der Waals surface area contributed by atoms with Crippen molar-refractivity contribution >= 4 is 37.9 Å². The van der Waals surface area contributed by atoms with Crippen molar-refractivity contribution in [3.05, 3.63) is 33.9 Å². The molecular formula is C16H19F2NO11S2. The highest BCUT2D eigenvalue weighted by molar-refractivity contribution is 7.88. The van der Waals surface area contributed by atoms with Crippen LogP contribution in [0.25, 0.3) is 0 Å². The van der Waals surface area contributed by atoms with Crippen LogP contribution in [-0.4, -0.2) is 49.3 Å². The molecule has 0 aliphatic carbocycles. The average molecular weight is 503 g/mol. The number of carbonyl (C=O) groups excluding carboxylic acids is 2. The average Bonchev–Trinajstić information content (AvgIpc) is 2.65. The minimum atomic E-state index is -5.90. The third-order valence-electron chi connectivity index (χ3n) is 4.25. The third kappa shape index (κ3) is 6.89. The fraction of sp³-hybridized carbons (Fsp3) is 0.500. The predicted molar refractivity (Wildman–Crippen MR) is 103 cm³/mol. The summed E-state index contributed by atoms with van der Waals surface area (Å²) in [6, 6.07) is 2.04. The maximum absolute atomic E-state index is 13.2. The molecule has 32 heavy (non-hydrogen) atoms. The van der Waals surface area contributed by atoms with Crippen LogP contribution in [0.15, 0.2) is 18.2 Å². The van der Waals surface area contributed by atoms with Crippen molar-refractivity contribution in [3.8, 4) is 5.75 Å².